The maximum absolute atomic E-state index is 5.13. The van der Waals surface area contributed by atoms with Crippen LogP contribution in [-0.2, 0) is 0 Å². The molecule has 4 heteroatoms. The lowest BCUT2D eigenvalue weighted by molar-refractivity contribution is 1.08. The number of rotatable bonds is 4. The van der Waals surface area contributed by atoms with Crippen molar-refractivity contribution in [1.82, 2.24) is 15.0 Å². The molecular formula is C49H29N3S. The van der Waals surface area contributed by atoms with E-state index < -0.39 is 0 Å². The first-order valence-corrected chi connectivity index (χ1v) is 18.7. The molecule has 0 N–H and O–H groups in total. The fourth-order valence-electron chi connectivity index (χ4n) is 7.79. The molecule has 11 rings (SSSR count). The van der Waals surface area contributed by atoms with E-state index in [9.17, 15) is 0 Å². The maximum Gasteiger partial charge on any atom is 0.164 e. The van der Waals surface area contributed by atoms with Crippen molar-refractivity contribution in [2.75, 3.05) is 0 Å². The minimum atomic E-state index is 0.653. The summed E-state index contributed by atoms with van der Waals surface area (Å²) in [5.41, 5.74) is 5.27. The number of aromatic nitrogens is 3. The Morgan fingerprint density at radius 2 is 0.792 bits per heavy atom. The van der Waals surface area contributed by atoms with Gasteiger partial charge in [-0.2, -0.15) is 0 Å². The van der Waals surface area contributed by atoms with E-state index in [1.165, 1.54) is 63.6 Å². The second-order valence-electron chi connectivity index (χ2n) is 13.7. The lowest BCUT2D eigenvalue weighted by Crippen LogP contribution is -2.00. The van der Waals surface area contributed by atoms with Crippen molar-refractivity contribution in [3.05, 3.63) is 176 Å². The summed E-state index contributed by atoms with van der Waals surface area (Å²) < 4.78 is 2.62. The fourth-order valence-corrected chi connectivity index (χ4v) is 8.94. The standard InChI is InChI=1S/C49H29N3S/c1-3-9-30(10-4-1)35-16-17-37-26-39(20-18-36(37)25-35)48-50-47(32-11-5-2-6-12-32)51-49(52-48)40-21-23-41-38(27-40)19-15-31-22-24-43-46(45(31)41)42-28-33-13-7-8-14-34(33)29-44(42)53-43/h1-29H. The quantitative estimate of drug-likeness (QED) is 0.172. The Hall–Kier alpha value is -6.75. The van der Waals surface area contributed by atoms with Gasteiger partial charge in [0.1, 0.15) is 0 Å². The van der Waals surface area contributed by atoms with E-state index >= 15 is 0 Å². The summed E-state index contributed by atoms with van der Waals surface area (Å²) in [6, 6.07) is 62.8. The lowest BCUT2D eigenvalue weighted by Gasteiger charge is -2.11. The molecule has 246 valence electrons. The molecule has 0 spiro atoms. The van der Waals surface area contributed by atoms with E-state index in [4.69, 9.17) is 15.0 Å². The van der Waals surface area contributed by atoms with Crippen LogP contribution in [0.15, 0.2) is 176 Å². The van der Waals surface area contributed by atoms with Crippen molar-refractivity contribution >= 4 is 74.6 Å². The van der Waals surface area contributed by atoms with E-state index in [0.717, 1.165) is 27.5 Å². The zero-order valence-corrected chi connectivity index (χ0v) is 29.3. The van der Waals surface area contributed by atoms with Gasteiger partial charge in [-0.1, -0.05) is 140 Å². The van der Waals surface area contributed by atoms with Crippen LogP contribution in [0.25, 0.3) is 109 Å². The van der Waals surface area contributed by atoms with Crippen molar-refractivity contribution < 1.29 is 0 Å². The van der Waals surface area contributed by atoms with Crippen molar-refractivity contribution in [1.29, 1.82) is 0 Å². The summed E-state index contributed by atoms with van der Waals surface area (Å²) in [7, 11) is 0. The van der Waals surface area contributed by atoms with Crippen molar-refractivity contribution in [3.63, 3.8) is 0 Å². The summed E-state index contributed by atoms with van der Waals surface area (Å²) in [5.74, 6) is 1.96. The molecule has 0 fully saturated rings. The van der Waals surface area contributed by atoms with Crippen LogP contribution in [0.5, 0.6) is 0 Å². The third kappa shape index (κ3) is 5.07. The smallest absolute Gasteiger partial charge is 0.164 e. The van der Waals surface area contributed by atoms with Gasteiger partial charge in [0.05, 0.1) is 0 Å². The van der Waals surface area contributed by atoms with Gasteiger partial charge in [0.15, 0.2) is 17.5 Å². The minimum Gasteiger partial charge on any atom is -0.208 e. The van der Waals surface area contributed by atoms with Gasteiger partial charge in [-0.05, 0) is 90.6 Å². The monoisotopic (exact) mass is 691 g/mol. The summed E-state index contributed by atoms with van der Waals surface area (Å²) in [6.45, 7) is 0. The molecule has 0 aliphatic rings. The summed E-state index contributed by atoms with van der Waals surface area (Å²) in [4.78, 5) is 15.2. The Balaban J connectivity index is 1.07. The van der Waals surface area contributed by atoms with E-state index in [0.29, 0.717) is 17.5 Å². The average Bonchev–Trinajstić information content (AvgIpc) is 3.60. The molecule has 0 atom stereocenters. The molecule has 2 heterocycles. The molecule has 0 saturated heterocycles. The van der Waals surface area contributed by atoms with Gasteiger partial charge in [-0.3, -0.25) is 0 Å². The normalized spacial score (nSPS) is 11.8. The van der Waals surface area contributed by atoms with Crippen LogP contribution in [0.2, 0.25) is 0 Å². The van der Waals surface area contributed by atoms with Crippen LogP contribution in [-0.4, -0.2) is 15.0 Å². The predicted molar refractivity (Wildman–Crippen MR) is 224 cm³/mol. The summed E-state index contributed by atoms with van der Waals surface area (Å²) >= 11 is 1.87. The Morgan fingerprint density at radius 3 is 1.53 bits per heavy atom. The van der Waals surface area contributed by atoms with E-state index in [1.807, 2.05) is 29.5 Å². The highest BCUT2D eigenvalue weighted by Gasteiger charge is 2.16. The molecular weight excluding hydrogens is 663 g/mol. The molecule has 0 aliphatic carbocycles. The van der Waals surface area contributed by atoms with Gasteiger partial charge in [-0.25, -0.2) is 15.0 Å². The number of fused-ring (bicyclic) bond motifs is 9. The molecule has 0 unspecified atom stereocenters. The maximum atomic E-state index is 5.13. The first-order chi connectivity index (χ1) is 26.2. The van der Waals surface area contributed by atoms with Crippen LogP contribution in [0.4, 0.5) is 0 Å². The van der Waals surface area contributed by atoms with Gasteiger partial charge in [0, 0.05) is 36.9 Å². The van der Waals surface area contributed by atoms with E-state index in [1.54, 1.807) is 0 Å². The Labute approximate surface area is 309 Å². The first kappa shape index (κ1) is 29.9. The van der Waals surface area contributed by atoms with Crippen LogP contribution in [0.1, 0.15) is 0 Å². The van der Waals surface area contributed by atoms with E-state index in [2.05, 4.69) is 158 Å². The Kier molecular flexibility index (Phi) is 6.73. The van der Waals surface area contributed by atoms with Crippen LogP contribution < -0.4 is 0 Å². The molecule has 0 radical (unpaired) electrons. The molecule has 0 bridgehead atoms. The summed E-state index contributed by atoms with van der Waals surface area (Å²) in [6.07, 6.45) is 0. The van der Waals surface area contributed by atoms with Gasteiger partial charge < -0.3 is 0 Å². The Bertz CT molecular complexity index is 3220. The van der Waals surface area contributed by atoms with E-state index in [-0.39, 0.29) is 0 Å². The third-order valence-corrected chi connectivity index (χ3v) is 11.5. The molecule has 2 aromatic heterocycles. The third-order valence-electron chi connectivity index (χ3n) is 10.4. The second kappa shape index (κ2) is 11.9. The molecule has 9 aromatic carbocycles. The van der Waals surface area contributed by atoms with Gasteiger partial charge in [0.2, 0.25) is 0 Å². The SMILES string of the molecule is c1ccc(-c2ccc3cc(-c4nc(-c5ccccc5)nc(-c5ccc6c(ccc7ccc8sc9cc%10ccccc%10cc9c8c76)c5)n4)ccc3c2)cc1. The number of nitrogens with zero attached hydrogens (tertiary/aromatic N) is 3. The second-order valence-corrected chi connectivity index (χ2v) is 14.7. The van der Waals surface area contributed by atoms with Crippen LogP contribution in [0, 0.1) is 0 Å². The topological polar surface area (TPSA) is 38.7 Å². The molecule has 3 nitrogen and oxygen atoms in total. The number of hydrogen-bond acceptors (Lipinski definition) is 4. The molecule has 11 aromatic rings. The van der Waals surface area contributed by atoms with Gasteiger partial charge >= 0.3 is 0 Å². The lowest BCUT2D eigenvalue weighted by atomic mass is 9.95. The molecule has 0 amide bonds. The molecule has 0 saturated carbocycles. The number of benzene rings is 9. The highest BCUT2D eigenvalue weighted by atomic mass is 32.1. The highest BCUT2D eigenvalue weighted by molar-refractivity contribution is 7.26. The number of hydrogen-bond donors (Lipinski definition) is 0. The zero-order valence-electron chi connectivity index (χ0n) is 28.5. The van der Waals surface area contributed by atoms with Crippen LogP contribution >= 0.6 is 11.3 Å². The minimum absolute atomic E-state index is 0.653. The predicted octanol–water partition coefficient (Wildman–Crippen LogP) is 13.5. The zero-order chi connectivity index (χ0) is 34.9. The number of thiophene rings is 1. The molecule has 0 aliphatic heterocycles. The van der Waals surface area contributed by atoms with Crippen molar-refractivity contribution in [3.8, 4) is 45.3 Å². The highest BCUT2D eigenvalue weighted by Crippen LogP contribution is 2.43. The molecule has 53 heavy (non-hydrogen) atoms. The van der Waals surface area contributed by atoms with Crippen molar-refractivity contribution in [2.45, 2.75) is 0 Å². The Morgan fingerprint density at radius 1 is 0.283 bits per heavy atom. The van der Waals surface area contributed by atoms with Gasteiger partial charge in [-0.15, -0.1) is 11.3 Å². The van der Waals surface area contributed by atoms with Crippen LogP contribution in [0.3, 0.4) is 0 Å². The fraction of sp³-hybridized carbons (Fsp3) is 0. The van der Waals surface area contributed by atoms with Gasteiger partial charge in [0.25, 0.3) is 0 Å². The first-order valence-electron chi connectivity index (χ1n) is 17.8. The largest absolute Gasteiger partial charge is 0.208 e. The van der Waals surface area contributed by atoms with Crippen molar-refractivity contribution in [2.24, 2.45) is 0 Å². The summed E-state index contributed by atoms with van der Waals surface area (Å²) in [5, 5.41) is 12.4. The average molecular weight is 692 g/mol.